The summed E-state index contributed by atoms with van der Waals surface area (Å²) in [6, 6.07) is 6.89. The monoisotopic (exact) mass is 270 g/mol. The van der Waals surface area contributed by atoms with E-state index in [2.05, 4.69) is 0 Å². The largest absolute Gasteiger partial charge is 0.366 e. The number of amides is 1. The second-order valence-electron chi connectivity index (χ2n) is 4.19. The van der Waals surface area contributed by atoms with Gasteiger partial charge in [0.1, 0.15) is 0 Å². The van der Waals surface area contributed by atoms with Crippen molar-refractivity contribution < 1.29 is 18.0 Å². The number of nitrogens with two attached hydrogens (primary N) is 1. The predicted octanol–water partition coefficient (Wildman–Crippen LogP) is 0.0759. The van der Waals surface area contributed by atoms with E-state index in [-0.39, 0.29) is 19.1 Å². The molecule has 1 aromatic carbocycles. The lowest BCUT2D eigenvalue weighted by atomic mass is 9.95. The van der Waals surface area contributed by atoms with Gasteiger partial charge in [-0.2, -0.15) is 0 Å². The van der Waals surface area contributed by atoms with Crippen LogP contribution in [0, 0.1) is 0 Å². The zero-order chi connectivity index (χ0) is 13.3. The molecule has 1 unspecified atom stereocenters. The predicted molar refractivity (Wildman–Crippen MR) is 65.2 cm³/mol. The molecule has 7 heteroatoms. The Kier molecular flexibility index (Phi) is 3.38. The quantitative estimate of drug-likeness (QED) is 0.842. The van der Waals surface area contributed by atoms with Crippen LogP contribution in [0.25, 0.3) is 0 Å². The number of hydrogen-bond acceptors (Lipinski definition) is 4. The van der Waals surface area contributed by atoms with Crippen LogP contribution in [-0.2, 0) is 14.9 Å². The highest BCUT2D eigenvalue weighted by Gasteiger charge is 2.32. The van der Waals surface area contributed by atoms with E-state index in [1.54, 1.807) is 24.3 Å². The van der Waals surface area contributed by atoms with Crippen LogP contribution < -0.4 is 5.73 Å². The van der Waals surface area contributed by atoms with Gasteiger partial charge in [-0.3, -0.25) is 9.63 Å². The molecular formula is C11H14N2O4S. The number of sulfonamides is 1. The normalized spacial score (nSPS) is 21.1. The van der Waals surface area contributed by atoms with Gasteiger partial charge in [-0.25, -0.2) is 8.42 Å². The van der Waals surface area contributed by atoms with E-state index in [0.29, 0.717) is 5.56 Å². The van der Waals surface area contributed by atoms with Crippen molar-refractivity contribution in [3.8, 4) is 0 Å². The lowest BCUT2D eigenvalue weighted by Crippen LogP contribution is -2.26. The summed E-state index contributed by atoms with van der Waals surface area (Å²) in [5, 5.41) is 0. The van der Waals surface area contributed by atoms with E-state index in [9.17, 15) is 13.2 Å². The summed E-state index contributed by atoms with van der Waals surface area (Å²) < 4.78 is 23.6. The molecule has 2 N–H and O–H groups in total. The van der Waals surface area contributed by atoms with E-state index >= 15 is 0 Å². The summed E-state index contributed by atoms with van der Waals surface area (Å²) in [7, 11) is -3.38. The molecule has 0 bridgehead atoms. The second-order valence-corrected chi connectivity index (χ2v) is 6.07. The van der Waals surface area contributed by atoms with Crippen LogP contribution in [0.2, 0.25) is 0 Å². The summed E-state index contributed by atoms with van der Waals surface area (Å²) in [5.41, 5.74) is 6.41. The molecule has 98 valence electrons. The Hall–Kier alpha value is -1.44. The Labute approximate surface area is 105 Å². The van der Waals surface area contributed by atoms with Crippen LogP contribution in [0.5, 0.6) is 0 Å². The van der Waals surface area contributed by atoms with Gasteiger partial charge in [0.15, 0.2) is 0 Å². The van der Waals surface area contributed by atoms with Crippen LogP contribution in [0.4, 0.5) is 0 Å². The van der Waals surface area contributed by atoms with Crippen molar-refractivity contribution in [2.45, 2.75) is 5.92 Å². The summed E-state index contributed by atoms with van der Waals surface area (Å²) in [5.74, 6) is -0.702. The van der Waals surface area contributed by atoms with Crippen LogP contribution in [0.15, 0.2) is 24.3 Å². The highest BCUT2D eigenvalue weighted by Crippen LogP contribution is 2.27. The molecular weight excluding hydrogens is 256 g/mol. The van der Waals surface area contributed by atoms with Gasteiger partial charge < -0.3 is 5.73 Å². The average Bonchev–Trinajstić information content (AvgIpc) is 2.77. The lowest BCUT2D eigenvalue weighted by molar-refractivity contribution is -0.0281. The molecule has 0 aliphatic carbocycles. The number of rotatable bonds is 3. The maximum Gasteiger partial charge on any atom is 0.248 e. The van der Waals surface area contributed by atoms with Crippen molar-refractivity contribution in [2.24, 2.45) is 5.73 Å². The van der Waals surface area contributed by atoms with E-state index in [1.807, 2.05) is 0 Å². The maximum atomic E-state index is 11.3. The van der Waals surface area contributed by atoms with Crippen molar-refractivity contribution in [3.63, 3.8) is 0 Å². The second kappa shape index (κ2) is 4.68. The van der Waals surface area contributed by atoms with Gasteiger partial charge in [0, 0.05) is 18.0 Å². The van der Waals surface area contributed by atoms with E-state index in [0.717, 1.165) is 16.3 Å². The maximum absolute atomic E-state index is 11.3. The third-order valence-corrected chi connectivity index (χ3v) is 3.82. The molecule has 1 heterocycles. The minimum Gasteiger partial charge on any atom is -0.366 e. The summed E-state index contributed by atoms with van der Waals surface area (Å²) >= 11 is 0. The molecule has 2 rings (SSSR count). The standard InChI is InChI=1S/C11H14N2O4S/c1-18(15,16)13-6-8(7-17-13)9-4-2-3-5-10(9)11(12)14/h2-5,8H,6-7H2,1H3,(H2,12,14). The average molecular weight is 270 g/mol. The third kappa shape index (κ3) is 2.53. The van der Waals surface area contributed by atoms with Gasteiger partial charge in [-0.1, -0.05) is 22.7 Å². The molecule has 1 saturated heterocycles. The fourth-order valence-corrected chi connectivity index (χ4v) is 2.66. The van der Waals surface area contributed by atoms with Crippen molar-refractivity contribution in [2.75, 3.05) is 19.4 Å². The fourth-order valence-electron chi connectivity index (χ4n) is 1.96. The molecule has 0 aromatic heterocycles. The number of nitrogens with zero attached hydrogens (tertiary/aromatic N) is 1. The molecule has 1 aromatic rings. The Morgan fingerprint density at radius 1 is 1.44 bits per heavy atom. The Morgan fingerprint density at radius 3 is 2.67 bits per heavy atom. The number of carbonyl (C=O) groups is 1. The number of hydroxylamine groups is 1. The van der Waals surface area contributed by atoms with Gasteiger partial charge in [0.2, 0.25) is 15.9 Å². The Balaban J connectivity index is 2.27. The van der Waals surface area contributed by atoms with Crippen LogP contribution in [0.1, 0.15) is 21.8 Å². The molecule has 0 radical (unpaired) electrons. The number of primary amides is 1. The molecule has 1 aliphatic rings. The number of benzene rings is 1. The molecule has 18 heavy (non-hydrogen) atoms. The first-order valence-electron chi connectivity index (χ1n) is 5.39. The topological polar surface area (TPSA) is 89.7 Å². The minimum atomic E-state index is -3.38. The van der Waals surface area contributed by atoms with Crippen molar-refractivity contribution in [1.29, 1.82) is 0 Å². The first-order valence-corrected chi connectivity index (χ1v) is 7.24. The number of carbonyl (C=O) groups excluding carboxylic acids is 1. The van der Waals surface area contributed by atoms with Crippen molar-refractivity contribution >= 4 is 15.9 Å². The van der Waals surface area contributed by atoms with Crippen LogP contribution in [-0.4, -0.2) is 38.2 Å². The number of hydrogen-bond donors (Lipinski definition) is 1. The smallest absolute Gasteiger partial charge is 0.248 e. The Morgan fingerprint density at radius 2 is 2.11 bits per heavy atom. The van der Waals surface area contributed by atoms with Gasteiger partial charge in [-0.15, -0.1) is 0 Å². The molecule has 1 fully saturated rings. The zero-order valence-corrected chi connectivity index (χ0v) is 10.7. The third-order valence-electron chi connectivity index (χ3n) is 2.83. The van der Waals surface area contributed by atoms with Gasteiger partial charge in [-0.05, 0) is 11.6 Å². The van der Waals surface area contributed by atoms with Crippen LogP contribution in [0.3, 0.4) is 0 Å². The molecule has 6 nitrogen and oxygen atoms in total. The zero-order valence-electron chi connectivity index (χ0n) is 9.87. The van der Waals surface area contributed by atoms with E-state index in [1.165, 1.54) is 0 Å². The van der Waals surface area contributed by atoms with Crippen LogP contribution >= 0.6 is 0 Å². The van der Waals surface area contributed by atoms with Crippen molar-refractivity contribution in [3.05, 3.63) is 35.4 Å². The van der Waals surface area contributed by atoms with E-state index < -0.39 is 15.9 Å². The van der Waals surface area contributed by atoms with E-state index in [4.69, 9.17) is 10.6 Å². The first-order chi connectivity index (χ1) is 8.39. The van der Waals surface area contributed by atoms with Gasteiger partial charge in [0.05, 0.1) is 12.9 Å². The SMILES string of the molecule is CS(=O)(=O)N1CC(c2ccccc2C(N)=O)CO1. The molecule has 1 aliphatic heterocycles. The van der Waals surface area contributed by atoms with Gasteiger partial charge in [0.25, 0.3) is 0 Å². The van der Waals surface area contributed by atoms with Crippen molar-refractivity contribution in [1.82, 2.24) is 4.47 Å². The molecule has 1 atom stereocenters. The molecule has 1 amide bonds. The Bertz CT molecular complexity index is 570. The fraction of sp³-hybridized carbons (Fsp3) is 0.364. The highest BCUT2D eigenvalue weighted by atomic mass is 32.2. The van der Waals surface area contributed by atoms with Gasteiger partial charge >= 0.3 is 0 Å². The molecule has 0 spiro atoms. The summed E-state index contributed by atoms with van der Waals surface area (Å²) in [4.78, 5) is 16.4. The summed E-state index contributed by atoms with van der Waals surface area (Å²) in [6.07, 6.45) is 1.08. The summed E-state index contributed by atoms with van der Waals surface area (Å²) in [6.45, 7) is 0.417. The highest BCUT2D eigenvalue weighted by molar-refractivity contribution is 7.88. The first kappa shape index (κ1) is 13.0. The lowest BCUT2D eigenvalue weighted by Gasteiger charge is -2.12. The minimum absolute atomic E-state index is 0.177. The molecule has 0 saturated carbocycles.